The van der Waals surface area contributed by atoms with Crippen LogP contribution >= 0.6 is 0 Å². The maximum atomic E-state index is 11.4. The zero-order valence-electron chi connectivity index (χ0n) is 9.08. The van der Waals surface area contributed by atoms with E-state index in [1.54, 1.807) is 0 Å². The van der Waals surface area contributed by atoms with E-state index in [0.717, 1.165) is 12.8 Å². The largest absolute Gasteiger partial charge is 0.467 e. The van der Waals surface area contributed by atoms with Gasteiger partial charge >= 0.3 is 5.97 Å². The van der Waals surface area contributed by atoms with Crippen LogP contribution in [0.1, 0.15) is 33.1 Å². The lowest BCUT2D eigenvalue weighted by atomic mass is 10.0. The van der Waals surface area contributed by atoms with Crippen molar-refractivity contribution < 1.29 is 14.3 Å². The lowest BCUT2D eigenvalue weighted by Crippen LogP contribution is -2.27. The highest BCUT2D eigenvalue weighted by atomic mass is 16.7. The molecule has 0 bridgehead atoms. The van der Waals surface area contributed by atoms with E-state index in [4.69, 9.17) is 9.47 Å². The fourth-order valence-corrected chi connectivity index (χ4v) is 1.54. The van der Waals surface area contributed by atoms with Crippen molar-refractivity contribution in [1.29, 1.82) is 0 Å². The van der Waals surface area contributed by atoms with Crippen molar-refractivity contribution in [1.82, 2.24) is 0 Å². The Hall–Kier alpha value is -0.830. The van der Waals surface area contributed by atoms with Crippen LogP contribution in [0.25, 0.3) is 0 Å². The van der Waals surface area contributed by atoms with Crippen molar-refractivity contribution in [2.75, 3.05) is 7.11 Å². The van der Waals surface area contributed by atoms with Gasteiger partial charge in [-0.05, 0) is 12.8 Å². The molecular formula is C11H18O3. The fourth-order valence-electron chi connectivity index (χ4n) is 1.54. The van der Waals surface area contributed by atoms with Crippen molar-refractivity contribution in [2.45, 2.75) is 44.8 Å². The van der Waals surface area contributed by atoms with Gasteiger partial charge in [0.15, 0.2) is 5.60 Å². The number of allylic oxidation sites excluding steroid dienone is 1. The van der Waals surface area contributed by atoms with Gasteiger partial charge in [0.1, 0.15) is 6.10 Å². The molecule has 1 fully saturated rings. The zero-order chi connectivity index (χ0) is 10.6. The normalized spacial score (nSPS) is 30.6. The third-order valence-electron chi connectivity index (χ3n) is 2.56. The monoisotopic (exact) mass is 198 g/mol. The second-order valence-corrected chi connectivity index (χ2v) is 3.49. The number of rotatable bonds is 5. The molecule has 0 aromatic heterocycles. The highest BCUT2D eigenvalue weighted by Crippen LogP contribution is 2.41. The molecule has 0 amide bonds. The van der Waals surface area contributed by atoms with Gasteiger partial charge in [-0.2, -0.15) is 0 Å². The van der Waals surface area contributed by atoms with Crippen molar-refractivity contribution in [3.05, 3.63) is 12.2 Å². The first kappa shape index (κ1) is 11.2. The van der Waals surface area contributed by atoms with Gasteiger partial charge in [-0.1, -0.05) is 32.4 Å². The van der Waals surface area contributed by atoms with E-state index in [0.29, 0.717) is 6.42 Å². The van der Waals surface area contributed by atoms with Gasteiger partial charge in [-0.3, -0.25) is 0 Å². The predicted octanol–water partition coefficient (Wildman–Crippen LogP) is 2.06. The van der Waals surface area contributed by atoms with E-state index in [9.17, 15) is 4.79 Å². The van der Waals surface area contributed by atoms with Crippen LogP contribution in [0.2, 0.25) is 0 Å². The van der Waals surface area contributed by atoms with E-state index in [1.165, 1.54) is 7.11 Å². The summed E-state index contributed by atoms with van der Waals surface area (Å²) >= 11 is 0. The summed E-state index contributed by atoms with van der Waals surface area (Å²) in [4.78, 5) is 11.4. The molecule has 0 saturated carbocycles. The molecule has 1 saturated heterocycles. The first-order valence-electron chi connectivity index (χ1n) is 5.14. The Morgan fingerprint density at radius 1 is 1.57 bits per heavy atom. The standard InChI is InChI=1S/C11H18O3/c1-4-6-7-8-9-11(5-2,14-9)10(12)13-3/h7-9H,4-6H2,1-3H3. The van der Waals surface area contributed by atoms with Gasteiger partial charge in [0.05, 0.1) is 7.11 Å². The van der Waals surface area contributed by atoms with Crippen LogP contribution in [-0.2, 0) is 14.3 Å². The molecule has 1 aliphatic heterocycles. The number of esters is 1. The molecule has 80 valence electrons. The molecule has 2 unspecified atom stereocenters. The Bertz CT molecular complexity index is 235. The summed E-state index contributed by atoms with van der Waals surface area (Å²) in [6.45, 7) is 4.05. The molecule has 0 aromatic carbocycles. The van der Waals surface area contributed by atoms with Crippen molar-refractivity contribution >= 4 is 5.97 Å². The second-order valence-electron chi connectivity index (χ2n) is 3.49. The van der Waals surface area contributed by atoms with Gasteiger partial charge in [0, 0.05) is 0 Å². The molecular weight excluding hydrogens is 180 g/mol. The van der Waals surface area contributed by atoms with Crippen LogP contribution < -0.4 is 0 Å². The van der Waals surface area contributed by atoms with E-state index in [1.807, 2.05) is 13.0 Å². The highest BCUT2D eigenvalue weighted by molar-refractivity contribution is 5.83. The van der Waals surface area contributed by atoms with Gasteiger partial charge in [0.2, 0.25) is 0 Å². The Kier molecular flexibility index (Phi) is 3.69. The maximum Gasteiger partial charge on any atom is 0.341 e. The maximum absolute atomic E-state index is 11.4. The number of ether oxygens (including phenoxy) is 2. The number of hydrogen-bond donors (Lipinski definition) is 0. The molecule has 1 heterocycles. The summed E-state index contributed by atoms with van der Waals surface area (Å²) in [5, 5.41) is 0. The minimum Gasteiger partial charge on any atom is -0.467 e. The first-order valence-corrected chi connectivity index (χ1v) is 5.14. The van der Waals surface area contributed by atoms with Crippen LogP contribution in [-0.4, -0.2) is 24.8 Å². The number of unbranched alkanes of at least 4 members (excludes halogenated alkanes) is 1. The van der Waals surface area contributed by atoms with Crippen molar-refractivity contribution in [2.24, 2.45) is 0 Å². The summed E-state index contributed by atoms with van der Waals surface area (Å²) in [5.41, 5.74) is -0.682. The molecule has 0 aromatic rings. The summed E-state index contributed by atoms with van der Waals surface area (Å²) in [6.07, 6.45) is 6.75. The Morgan fingerprint density at radius 2 is 2.29 bits per heavy atom. The van der Waals surface area contributed by atoms with E-state index in [-0.39, 0.29) is 12.1 Å². The number of methoxy groups -OCH3 is 1. The number of hydrogen-bond acceptors (Lipinski definition) is 3. The third-order valence-corrected chi connectivity index (χ3v) is 2.56. The predicted molar refractivity (Wildman–Crippen MR) is 54.0 cm³/mol. The van der Waals surface area contributed by atoms with Crippen LogP contribution in [0.4, 0.5) is 0 Å². The van der Waals surface area contributed by atoms with Gasteiger partial charge in [-0.25, -0.2) is 4.79 Å². The minimum atomic E-state index is -0.682. The Labute approximate surface area is 85.1 Å². The summed E-state index contributed by atoms with van der Waals surface area (Å²) < 4.78 is 10.1. The van der Waals surface area contributed by atoms with Gasteiger partial charge < -0.3 is 9.47 Å². The molecule has 1 aliphatic rings. The van der Waals surface area contributed by atoms with E-state index >= 15 is 0 Å². The smallest absolute Gasteiger partial charge is 0.341 e. The number of carbonyl (C=O) groups is 1. The van der Waals surface area contributed by atoms with Gasteiger partial charge in [0.25, 0.3) is 0 Å². The van der Waals surface area contributed by atoms with E-state index < -0.39 is 5.60 Å². The molecule has 0 N–H and O–H groups in total. The number of carbonyl (C=O) groups excluding carboxylic acids is 1. The Morgan fingerprint density at radius 3 is 2.79 bits per heavy atom. The van der Waals surface area contributed by atoms with Crippen LogP contribution in [0.15, 0.2) is 12.2 Å². The summed E-state index contributed by atoms with van der Waals surface area (Å²) in [5.74, 6) is -0.258. The first-order chi connectivity index (χ1) is 6.71. The lowest BCUT2D eigenvalue weighted by Gasteiger charge is -2.05. The molecule has 0 spiro atoms. The molecule has 3 heteroatoms. The van der Waals surface area contributed by atoms with Crippen LogP contribution in [0, 0.1) is 0 Å². The quantitative estimate of drug-likeness (QED) is 0.385. The van der Waals surface area contributed by atoms with Crippen molar-refractivity contribution in [3.63, 3.8) is 0 Å². The van der Waals surface area contributed by atoms with Crippen LogP contribution in [0.3, 0.4) is 0 Å². The SMILES string of the molecule is CCCC=CC1OC1(CC)C(=O)OC. The highest BCUT2D eigenvalue weighted by Gasteiger charge is 2.60. The van der Waals surface area contributed by atoms with Gasteiger partial charge in [-0.15, -0.1) is 0 Å². The second kappa shape index (κ2) is 4.60. The molecule has 1 rings (SSSR count). The lowest BCUT2D eigenvalue weighted by molar-refractivity contribution is -0.147. The summed E-state index contributed by atoms with van der Waals surface area (Å²) in [7, 11) is 1.40. The molecule has 2 atom stereocenters. The third kappa shape index (κ3) is 1.98. The van der Waals surface area contributed by atoms with E-state index in [2.05, 4.69) is 13.0 Å². The molecule has 0 aliphatic carbocycles. The summed E-state index contributed by atoms with van der Waals surface area (Å²) in [6, 6.07) is 0. The zero-order valence-corrected chi connectivity index (χ0v) is 9.08. The molecule has 0 radical (unpaired) electrons. The average molecular weight is 198 g/mol. The molecule has 3 nitrogen and oxygen atoms in total. The fraction of sp³-hybridized carbons (Fsp3) is 0.727. The molecule has 14 heavy (non-hydrogen) atoms. The Balaban J connectivity index is 2.50. The van der Waals surface area contributed by atoms with Crippen molar-refractivity contribution in [3.8, 4) is 0 Å². The minimum absolute atomic E-state index is 0.0773. The average Bonchev–Trinajstić information content (AvgIpc) is 2.92. The van der Waals surface area contributed by atoms with Crippen LogP contribution in [0.5, 0.6) is 0 Å². The number of epoxide rings is 1. The topological polar surface area (TPSA) is 38.8 Å².